The summed E-state index contributed by atoms with van der Waals surface area (Å²) in [5, 5.41) is 0. The third kappa shape index (κ3) is 4.65. The van der Waals surface area contributed by atoms with Crippen LogP contribution in [0.1, 0.15) is 19.8 Å². The van der Waals surface area contributed by atoms with Crippen LogP contribution in [-0.4, -0.2) is 25.5 Å². The molecule has 1 rings (SSSR count). The Morgan fingerprint density at radius 3 is 2.81 bits per heavy atom. The van der Waals surface area contributed by atoms with Crippen molar-refractivity contribution in [3.63, 3.8) is 0 Å². The molecule has 1 aromatic rings. The van der Waals surface area contributed by atoms with Crippen LogP contribution < -0.4 is 10.5 Å². The number of nitrogens with two attached hydrogens (primary N) is 1. The summed E-state index contributed by atoms with van der Waals surface area (Å²) in [5.41, 5.74) is 6.27. The lowest BCUT2D eigenvalue weighted by Crippen LogP contribution is -2.18. The van der Waals surface area contributed by atoms with Crippen LogP contribution in [0.2, 0.25) is 5.54 Å². The summed E-state index contributed by atoms with van der Waals surface area (Å²) in [6.07, 6.45) is 1.58. The predicted octanol–water partition coefficient (Wildman–Crippen LogP) is 1.29. The average Bonchev–Trinajstić information content (AvgIpc) is 2.24. The summed E-state index contributed by atoms with van der Waals surface area (Å²) in [6, 6.07) is 7.28. The Balaban J connectivity index is 2.21. The molecule has 0 saturated heterocycles. The van der Waals surface area contributed by atoms with Gasteiger partial charge in [0.1, 0.15) is 5.75 Å². The van der Waals surface area contributed by atoms with Gasteiger partial charge in [0.25, 0.3) is 0 Å². The van der Waals surface area contributed by atoms with Crippen molar-refractivity contribution in [2.24, 2.45) is 0 Å². The second-order valence-electron chi connectivity index (χ2n) is 3.82. The first-order valence-corrected chi connectivity index (χ1v) is 6.80. The molecule has 1 unspecified atom stereocenters. The van der Waals surface area contributed by atoms with E-state index in [1.807, 2.05) is 19.1 Å². The Morgan fingerprint density at radius 1 is 1.44 bits per heavy atom. The molecule has 1 radical (unpaired) electrons. The lowest BCUT2D eigenvalue weighted by atomic mass is 10.2. The van der Waals surface area contributed by atoms with Crippen LogP contribution in [0.5, 0.6) is 5.75 Å². The minimum atomic E-state index is -2.14. The summed E-state index contributed by atoms with van der Waals surface area (Å²) in [5.74, 6) is 0.756. The Bertz CT molecular complexity index is 320. The van der Waals surface area contributed by atoms with E-state index in [1.54, 1.807) is 12.1 Å². The minimum absolute atomic E-state index is 0.0190. The maximum absolute atomic E-state index is 8.97. The van der Waals surface area contributed by atoms with Gasteiger partial charge < -0.3 is 20.1 Å². The molecule has 16 heavy (non-hydrogen) atoms. The molecule has 1 atom stereocenters. The Morgan fingerprint density at radius 2 is 2.19 bits per heavy atom. The molecular weight excluding hydrogens is 222 g/mol. The van der Waals surface area contributed by atoms with E-state index in [0.717, 1.165) is 18.6 Å². The van der Waals surface area contributed by atoms with Crippen molar-refractivity contribution < 1.29 is 14.3 Å². The third-order valence-electron chi connectivity index (χ3n) is 2.35. The van der Waals surface area contributed by atoms with Gasteiger partial charge in [-0.15, -0.1) is 0 Å². The smallest absolute Gasteiger partial charge is 0.382 e. The number of nitrogen functional groups attached to an aromatic ring is 1. The van der Waals surface area contributed by atoms with Gasteiger partial charge in [0, 0.05) is 17.3 Å². The first-order valence-electron chi connectivity index (χ1n) is 5.32. The van der Waals surface area contributed by atoms with Gasteiger partial charge in [-0.3, -0.25) is 0 Å². The number of hydrogen-bond acceptors (Lipinski definition) is 4. The van der Waals surface area contributed by atoms with Gasteiger partial charge in [-0.1, -0.05) is 13.0 Å². The topological polar surface area (TPSA) is 75.7 Å². The van der Waals surface area contributed by atoms with Crippen LogP contribution in [0, 0.1) is 0 Å². The van der Waals surface area contributed by atoms with Crippen LogP contribution in [0.4, 0.5) is 5.69 Å². The lowest BCUT2D eigenvalue weighted by Gasteiger charge is -2.10. The Kier molecular flexibility index (Phi) is 5.31. The lowest BCUT2D eigenvalue weighted by molar-refractivity contribution is 0.300. The van der Waals surface area contributed by atoms with E-state index >= 15 is 0 Å². The van der Waals surface area contributed by atoms with Gasteiger partial charge in [-0.05, 0) is 25.0 Å². The van der Waals surface area contributed by atoms with Gasteiger partial charge in [0.15, 0.2) is 0 Å². The average molecular weight is 240 g/mol. The van der Waals surface area contributed by atoms with E-state index in [9.17, 15) is 0 Å². The van der Waals surface area contributed by atoms with Crippen molar-refractivity contribution in [1.82, 2.24) is 0 Å². The zero-order chi connectivity index (χ0) is 12.0. The second-order valence-corrected chi connectivity index (χ2v) is 5.52. The van der Waals surface area contributed by atoms with Crippen LogP contribution in [0.3, 0.4) is 0 Å². The van der Waals surface area contributed by atoms with E-state index in [-0.39, 0.29) is 5.54 Å². The van der Waals surface area contributed by atoms with Crippen molar-refractivity contribution >= 4 is 15.0 Å². The predicted molar refractivity (Wildman–Crippen MR) is 65.2 cm³/mol. The second kappa shape index (κ2) is 6.52. The van der Waals surface area contributed by atoms with Crippen LogP contribution in [0.15, 0.2) is 24.3 Å². The maximum Gasteiger partial charge on any atom is 0.382 e. The van der Waals surface area contributed by atoms with Crippen molar-refractivity contribution in [1.29, 1.82) is 0 Å². The van der Waals surface area contributed by atoms with E-state index < -0.39 is 9.28 Å². The monoisotopic (exact) mass is 240 g/mol. The molecule has 1 aromatic carbocycles. The van der Waals surface area contributed by atoms with E-state index in [1.165, 1.54) is 0 Å². The Hall–Kier alpha value is -1.04. The van der Waals surface area contributed by atoms with Crippen molar-refractivity contribution in [3.8, 4) is 5.75 Å². The van der Waals surface area contributed by atoms with E-state index in [0.29, 0.717) is 12.3 Å². The fourth-order valence-corrected chi connectivity index (χ4v) is 1.78. The van der Waals surface area contributed by atoms with Crippen molar-refractivity contribution in [3.05, 3.63) is 24.3 Å². The molecule has 0 bridgehead atoms. The first kappa shape index (κ1) is 13.0. The molecule has 4 nitrogen and oxygen atoms in total. The van der Waals surface area contributed by atoms with Gasteiger partial charge in [0.05, 0.1) is 6.61 Å². The summed E-state index contributed by atoms with van der Waals surface area (Å²) in [4.78, 5) is 17.9. The van der Waals surface area contributed by atoms with Crippen molar-refractivity contribution in [2.45, 2.75) is 25.3 Å². The van der Waals surface area contributed by atoms with Gasteiger partial charge in [0.2, 0.25) is 0 Å². The summed E-state index contributed by atoms with van der Waals surface area (Å²) in [7, 11) is -2.14. The fourth-order valence-electron chi connectivity index (χ4n) is 1.31. The first-order chi connectivity index (χ1) is 7.59. The third-order valence-corrected chi connectivity index (χ3v) is 3.52. The highest BCUT2D eigenvalue weighted by atomic mass is 28.3. The summed E-state index contributed by atoms with van der Waals surface area (Å²) < 4.78 is 5.49. The van der Waals surface area contributed by atoms with Crippen LogP contribution in [-0.2, 0) is 0 Å². The molecule has 0 spiro atoms. The molecule has 5 heteroatoms. The Labute approximate surface area is 97.5 Å². The molecule has 4 N–H and O–H groups in total. The summed E-state index contributed by atoms with van der Waals surface area (Å²) >= 11 is 0. The minimum Gasteiger partial charge on any atom is -0.494 e. The highest BCUT2D eigenvalue weighted by Gasteiger charge is 2.15. The van der Waals surface area contributed by atoms with E-state index in [4.69, 9.17) is 20.1 Å². The SMILES string of the molecule is CC(CCCOc1cccc(N)c1)[Si](O)O. The van der Waals surface area contributed by atoms with Crippen LogP contribution in [0.25, 0.3) is 0 Å². The van der Waals surface area contributed by atoms with Gasteiger partial charge in [-0.25, -0.2) is 0 Å². The molecular formula is C11H18NO3Si. The molecule has 89 valence electrons. The molecule has 0 saturated carbocycles. The number of anilines is 1. The number of ether oxygens (including phenoxy) is 1. The highest BCUT2D eigenvalue weighted by Crippen LogP contribution is 2.17. The van der Waals surface area contributed by atoms with Crippen LogP contribution >= 0.6 is 0 Å². The van der Waals surface area contributed by atoms with Gasteiger partial charge in [-0.2, -0.15) is 0 Å². The molecule has 0 aromatic heterocycles. The van der Waals surface area contributed by atoms with Gasteiger partial charge >= 0.3 is 9.28 Å². The molecule has 0 fully saturated rings. The molecule has 0 aliphatic rings. The van der Waals surface area contributed by atoms with Crippen molar-refractivity contribution in [2.75, 3.05) is 12.3 Å². The molecule has 0 amide bonds. The number of benzene rings is 1. The normalized spacial score (nSPS) is 12.8. The highest BCUT2D eigenvalue weighted by molar-refractivity contribution is 6.42. The number of rotatable bonds is 6. The quantitative estimate of drug-likeness (QED) is 0.398. The zero-order valence-electron chi connectivity index (χ0n) is 9.39. The number of hydrogen-bond donors (Lipinski definition) is 3. The molecule has 0 aliphatic heterocycles. The largest absolute Gasteiger partial charge is 0.494 e. The summed E-state index contributed by atoms with van der Waals surface area (Å²) in [6.45, 7) is 2.41. The zero-order valence-corrected chi connectivity index (χ0v) is 10.4. The molecule has 0 heterocycles. The molecule has 0 aliphatic carbocycles. The standard InChI is InChI=1S/C11H18NO3Si/c1-9(16(13)14)4-3-7-15-11-6-2-5-10(12)8-11/h2,5-6,8-9,13-14H,3-4,7,12H2,1H3. The fraction of sp³-hybridized carbons (Fsp3) is 0.455. The van der Waals surface area contributed by atoms with E-state index in [2.05, 4.69) is 0 Å². The maximum atomic E-state index is 8.97.